The van der Waals surface area contributed by atoms with Crippen molar-refractivity contribution in [1.82, 2.24) is 0 Å². The summed E-state index contributed by atoms with van der Waals surface area (Å²) in [6.07, 6.45) is -4.84. The van der Waals surface area contributed by atoms with Gasteiger partial charge in [-0.2, -0.15) is 0 Å². The summed E-state index contributed by atoms with van der Waals surface area (Å²) >= 11 is 0. The Morgan fingerprint density at radius 2 is 1.43 bits per heavy atom. The fraction of sp³-hybridized carbons (Fsp3) is 0.576. The van der Waals surface area contributed by atoms with E-state index in [0.29, 0.717) is 0 Å². The van der Waals surface area contributed by atoms with E-state index < -0.39 is 93.5 Å². The van der Waals surface area contributed by atoms with Crippen molar-refractivity contribution >= 4 is 35.4 Å². The van der Waals surface area contributed by atoms with E-state index in [-0.39, 0.29) is 18.4 Å². The summed E-state index contributed by atoms with van der Waals surface area (Å²) in [6.45, 7) is 13.7. The minimum Gasteiger partial charge on any atom is -0.459 e. The van der Waals surface area contributed by atoms with E-state index in [1.165, 1.54) is 32.1 Å². The summed E-state index contributed by atoms with van der Waals surface area (Å²) < 4.78 is 23.3. The van der Waals surface area contributed by atoms with Crippen LogP contribution in [0.4, 0.5) is 0 Å². The smallest absolute Gasteiger partial charge is 0.338 e. The number of allylic oxidation sites excluding steroid dienone is 1. The van der Waals surface area contributed by atoms with Crippen LogP contribution in [0.5, 0.6) is 0 Å². The van der Waals surface area contributed by atoms with Crippen LogP contribution in [0.3, 0.4) is 0 Å². The number of fused-ring (bicyclic) bond motifs is 3. The van der Waals surface area contributed by atoms with Gasteiger partial charge in [-0.15, -0.1) is 6.58 Å². The highest BCUT2D eigenvalue weighted by molar-refractivity contribution is 6.06. The molecule has 0 saturated heterocycles. The van der Waals surface area contributed by atoms with Crippen LogP contribution in [0.25, 0.3) is 0 Å². The van der Waals surface area contributed by atoms with Crippen LogP contribution < -0.4 is 0 Å². The Labute approximate surface area is 256 Å². The molecule has 0 amide bonds. The molecule has 44 heavy (non-hydrogen) atoms. The maximum atomic E-state index is 14.3. The molecule has 0 heterocycles. The number of Topliss-reactive ketones (excluding diaryl/α,β-unsaturated/α-hetero) is 2. The lowest BCUT2D eigenvalue weighted by molar-refractivity contribution is -0.295. The molecule has 11 heteroatoms. The van der Waals surface area contributed by atoms with Crippen molar-refractivity contribution in [3.05, 3.63) is 48.6 Å². The third-order valence-electron chi connectivity index (χ3n) is 9.94. The summed E-state index contributed by atoms with van der Waals surface area (Å²) in [5, 5.41) is 12.5. The molecule has 0 aromatic heterocycles. The average molecular weight is 613 g/mol. The summed E-state index contributed by atoms with van der Waals surface area (Å²) in [4.78, 5) is 79.5. The molecule has 1 aromatic carbocycles. The second-order valence-electron chi connectivity index (χ2n) is 13.2. The Hall–Kier alpha value is -3.86. The van der Waals surface area contributed by atoms with Gasteiger partial charge in [0, 0.05) is 38.0 Å². The molecule has 238 valence electrons. The van der Waals surface area contributed by atoms with Gasteiger partial charge in [0.25, 0.3) is 0 Å². The molecule has 11 nitrogen and oxygen atoms in total. The monoisotopic (exact) mass is 612 g/mol. The van der Waals surface area contributed by atoms with E-state index >= 15 is 0 Å². The lowest BCUT2D eigenvalue weighted by Crippen LogP contribution is -2.80. The Morgan fingerprint density at radius 3 is 1.95 bits per heavy atom. The van der Waals surface area contributed by atoms with Crippen molar-refractivity contribution < 1.29 is 52.8 Å². The van der Waals surface area contributed by atoms with Gasteiger partial charge in [0.15, 0.2) is 17.5 Å². The summed E-state index contributed by atoms with van der Waals surface area (Å²) in [5.41, 5.74) is -6.64. The van der Waals surface area contributed by atoms with E-state index in [2.05, 4.69) is 6.58 Å². The van der Waals surface area contributed by atoms with Gasteiger partial charge in [-0.3, -0.25) is 24.0 Å². The Morgan fingerprint density at radius 1 is 0.864 bits per heavy atom. The highest BCUT2D eigenvalue weighted by atomic mass is 16.6. The molecule has 0 unspecified atom stereocenters. The molecule has 1 N–H and O–H groups in total. The molecular weight excluding hydrogens is 572 g/mol. The number of hydrogen-bond donors (Lipinski definition) is 1. The largest absolute Gasteiger partial charge is 0.459 e. The first-order valence-corrected chi connectivity index (χ1v) is 14.6. The zero-order valence-electron chi connectivity index (χ0n) is 26.1. The van der Waals surface area contributed by atoms with Gasteiger partial charge in [-0.05, 0) is 31.4 Å². The van der Waals surface area contributed by atoms with Crippen LogP contribution in [-0.4, -0.2) is 70.6 Å². The molecule has 3 saturated carbocycles. The van der Waals surface area contributed by atoms with Crippen molar-refractivity contribution in [2.45, 2.75) is 91.3 Å². The number of benzene rings is 1. The molecule has 0 bridgehead atoms. The average Bonchev–Trinajstić information content (AvgIpc) is 2.93. The quantitative estimate of drug-likeness (QED) is 0.286. The first-order valence-electron chi connectivity index (χ1n) is 14.6. The third kappa shape index (κ3) is 5.04. The predicted octanol–water partition coefficient (Wildman–Crippen LogP) is 3.15. The summed E-state index contributed by atoms with van der Waals surface area (Å²) in [7, 11) is 0. The first kappa shape index (κ1) is 33.0. The Kier molecular flexibility index (Phi) is 8.45. The second-order valence-corrected chi connectivity index (χ2v) is 13.2. The van der Waals surface area contributed by atoms with Crippen LogP contribution in [0.2, 0.25) is 0 Å². The van der Waals surface area contributed by atoms with Crippen LogP contribution >= 0.6 is 0 Å². The Bertz CT molecular complexity index is 1400. The molecule has 0 radical (unpaired) electrons. The number of carbonyl (C=O) groups excluding carboxylic acids is 6. The Balaban J connectivity index is 2.03. The van der Waals surface area contributed by atoms with Crippen molar-refractivity contribution in [2.24, 2.45) is 28.1 Å². The topological polar surface area (TPSA) is 160 Å². The number of carbonyl (C=O) groups is 6. The summed E-state index contributed by atoms with van der Waals surface area (Å²) in [6, 6.07) is 7.97. The zero-order valence-corrected chi connectivity index (χ0v) is 26.1. The van der Waals surface area contributed by atoms with Gasteiger partial charge in [0.05, 0.1) is 16.9 Å². The number of esters is 4. The zero-order chi connectivity index (χ0) is 33.0. The molecule has 3 fully saturated rings. The summed E-state index contributed by atoms with van der Waals surface area (Å²) in [5.74, 6) is -6.79. The SMILES string of the molecule is C=C[C@@]1(C)CC(=O)[C@H]2[C@](O)(C1=O)[C@H](OC(C)=O)C[C@H]1C(C)(C)[C@H](OC(C)=O)[C@@H](OC(C)=O)[C@H](OC(=O)c3ccccc3)[C@@]12C. The molecular formula is C33H40O11. The van der Waals surface area contributed by atoms with Crippen molar-refractivity contribution in [2.75, 3.05) is 0 Å². The van der Waals surface area contributed by atoms with Crippen LogP contribution in [0.1, 0.15) is 71.7 Å². The van der Waals surface area contributed by atoms with Gasteiger partial charge in [-0.1, -0.05) is 45.0 Å². The number of aliphatic hydroxyl groups is 1. The fourth-order valence-electron chi connectivity index (χ4n) is 8.15. The normalized spacial score (nSPS) is 37.5. The highest BCUT2D eigenvalue weighted by Gasteiger charge is 2.78. The van der Waals surface area contributed by atoms with Crippen molar-refractivity contribution in [3.63, 3.8) is 0 Å². The van der Waals surface area contributed by atoms with E-state index in [1.807, 2.05) is 0 Å². The molecule has 0 aliphatic heterocycles. The molecule has 9 atom stereocenters. The van der Waals surface area contributed by atoms with Crippen molar-refractivity contribution in [1.29, 1.82) is 0 Å². The maximum absolute atomic E-state index is 14.3. The fourth-order valence-corrected chi connectivity index (χ4v) is 8.15. The first-order chi connectivity index (χ1) is 20.3. The van der Waals surface area contributed by atoms with Gasteiger partial charge in [0.1, 0.15) is 24.1 Å². The minimum atomic E-state index is -2.56. The standard InChI is InChI=1S/C33H40O11/c1-9-31(7)16-21(37)25-32(8)22(15-23(41-17(2)34)33(25,40)29(31)39)30(5,6)26(43-19(4)36)24(42-18(3)35)27(32)44-28(38)20-13-11-10-12-14-20/h9-14,22-27,40H,1,15-16H2,2-8H3/t22-,23+,24+,25+,26+,27-,31-,32-,33-/m0/s1. The lowest BCUT2D eigenvalue weighted by Gasteiger charge is -2.67. The second kappa shape index (κ2) is 11.3. The molecule has 3 aliphatic carbocycles. The van der Waals surface area contributed by atoms with Crippen LogP contribution in [-0.2, 0) is 42.9 Å². The van der Waals surface area contributed by atoms with E-state index in [4.69, 9.17) is 18.9 Å². The molecule has 3 aliphatic rings. The van der Waals surface area contributed by atoms with Gasteiger partial charge >= 0.3 is 23.9 Å². The van der Waals surface area contributed by atoms with Crippen LogP contribution in [0, 0.1) is 28.1 Å². The van der Waals surface area contributed by atoms with Gasteiger partial charge < -0.3 is 24.1 Å². The van der Waals surface area contributed by atoms with Gasteiger partial charge in [-0.25, -0.2) is 4.79 Å². The number of ketones is 2. The third-order valence-corrected chi connectivity index (χ3v) is 9.94. The molecule has 1 aromatic rings. The molecule has 4 rings (SSSR count). The van der Waals surface area contributed by atoms with E-state index in [9.17, 15) is 33.9 Å². The minimum absolute atomic E-state index is 0.150. The predicted molar refractivity (Wildman–Crippen MR) is 154 cm³/mol. The highest BCUT2D eigenvalue weighted by Crippen LogP contribution is 2.66. The maximum Gasteiger partial charge on any atom is 0.338 e. The van der Waals surface area contributed by atoms with Crippen molar-refractivity contribution in [3.8, 4) is 0 Å². The van der Waals surface area contributed by atoms with Gasteiger partial charge in [0.2, 0.25) is 0 Å². The lowest BCUT2D eigenvalue weighted by atomic mass is 9.39. The van der Waals surface area contributed by atoms with E-state index in [0.717, 1.165) is 13.8 Å². The molecule has 0 spiro atoms. The number of rotatable bonds is 6. The van der Waals surface area contributed by atoms with Crippen LogP contribution in [0.15, 0.2) is 43.0 Å². The number of hydrogen-bond acceptors (Lipinski definition) is 11. The van der Waals surface area contributed by atoms with E-state index in [1.54, 1.807) is 39.0 Å². The number of ether oxygens (including phenoxy) is 4.